The lowest BCUT2D eigenvalue weighted by molar-refractivity contribution is 0.00165. The monoisotopic (exact) mass is 229 g/mol. The van der Waals surface area contributed by atoms with Crippen LogP contribution in [0.25, 0.3) is 0 Å². The Bertz CT molecular complexity index is 300. The van der Waals surface area contributed by atoms with Crippen molar-refractivity contribution in [3.63, 3.8) is 0 Å². The number of aromatic hydroxyl groups is 1. The van der Waals surface area contributed by atoms with Gasteiger partial charge in [0.05, 0.1) is 0 Å². The fourth-order valence-electron chi connectivity index (χ4n) is 1.63. The van der Waals surface area contributed by atoms with Crippen molar-refractivity contribution >= 4 is 12.4 Å². The Morgan fingerprint density at radius 3 is 2.87 bits per heavy atom. The predicted octanol–water partition coefficient (Wildman–Crippen LogP) is 1.69. The van der Waals surface area contributed by atoms with Crippen molar-refractivity contribution in [1.82, 2.24) is 5.32 Å². The summed E-state index contributed by atoms with van der Waals surface area (Å²) < 4.78 is 5.51. The molecule has 2 N–H and O–H groups in total. The van der Waals surface area contributed by atoms with Crippen LogP contribution in [0.5, 0.6) is 5.75 Å². The van der Waals surface area contributed by atoms with E-state index in [1.54, 1.807) is 6.07 Å². The van der Waals surface area contributed by atoms with E-state index >= 15 is 0 Å². The standard InChI is InChI=1S/C11H15NO2.ClH/c13-10-5-2-1-4-9(10)8-11-12-6-3-7-14-11;/h1-2,4-5,11-13H,3,6-8H2;1H. The van der Waals surface area contributed by atoms with Gasteiger partial charge in [-0.05, 0) is 24.6 Å². The smallest absolute Gasteiger partial charge is 0.118 e. The van der Waals surface area contributed by atoms with Crippen LogP contribution in [0.15, 0.2) is 24.3 Å². The van der Waals surface area contributed by atoms with Gasteiger partial charge in [-0.15, -0.1) is 12.4 Å². The molecule has 0 aliphatic carbocycles. The summed E-state index contributed by atoms with van der Waals surface area (Å²) in [5.41, 5.74) is 0.937. The van der Waals surface area contributed by atoms with Crippen LogP contribution in [0, 0.1) is 0 Å². The molecule has 0 spiro atoms. The molecule has 1 aliphatic rings. The van der Waals surface area contributed by atoms with E-state index in [0.717, 1.165) is 31.6 Å². The highest BCUT2D eigenvalue weighted by atomic mass is 35.5. The van der Waals surface area contributed by atoms with E-state index in [9.17, 15) is 5.11 Å². The number of benzene rings is 1. The molecule has 1 aromatic carbocycles. The Morgan fingerprint density at radius 2 is 2.20 bits per heavy atom. The van der Waals surface area contributed by atoms with Gasteiger partial charge in [0.1, 0.15) is 12.0 Å². The van der Waals surface area contributed by atoms with Gasteiger partial charge in [-0.1, -0.05) is 18.2 Å². The molecule has 3 nitrogen and oxygen atoms in total. The fourth-order valence-corrected chi connectivity index (χ4v) is 1.63. The number of ether oxygens (including phenoxy) is 1. The van der Waals surface area contributed by atoms with E-state index in [4.69, 9.17) is 4.74 Å². The van der Waals surface area contributed by atoms with E-state index in [1.165, 1.54) is 0 Å². The van der Waals surface area contributed by atoms with Crippen LogP contribution in [0.4, 0.5) is 0 Å². The first-order valence-electron chi connectivity index (χ1n) is 4.98. The van der Waals surface area contributed by atoms with Crippen molar-refractivity contribution < 1.29 is 9.84 Å². The summed E-state index contributed by atoms with van der Waals surface area (Å²) in [6.45, 7) is 1.81. The van der Waals surface area contributed by atoms with Crippen LogP contribution >= 0.6 is 12.4 Å². The number of phenolic OH excluding ortho intramolecular Hbond substituents is 1. The number of para-hydroxylation sites is 1. The molecule has 1 aliphatic heterocycles. The first-order valence-corrected chi connectivity index (χ1v) is 4.98. The third kappa shape index (κ3) is 3.38. The average molecular weight is 230 g/mol. The van der Waals surface area contributed by atoms with Gasteiger partial charge in [-0.2, -0.15) is 0 Å². The second-order valence-corrected chi connectivity index (χ2v) is 3.50. The Labute approximate surface area is 95.9 Å². The minimum Gasteiger partial charge on any atom is -0.508 e. The number of rotatable bonds is 2. The lowest BCUT2D eigenvalue weighted by Crippen LogP contribution is -2.39. The summed E-state index contributed by atoms with van der Waals surface area (Å²) in [6, 6.07) is 7.39. The minimum atomic E-state index is 0. The van der Waals surface area contributed by atoms with Crippen LogP contribution in [0.3, 0.4) is 0 Å². The third-order valence-electron chi connectivity index (χ3n) is 2.41. The van der Waals surface area contributed by atoms with Crippen molar-refractivity contribution in [2.45, 2.75) is 19.1 Å². The first-order chi connectivity index (χ1) is 6.86. The third-order valence-corrected chi connectivity index (χ3v) is 2.41. The largest absolute Gasteiger partial charge is 0.508 e. The molecule has 1 aromatic rings. The van der Waals surface area contributed by atoms with Crippen molar-refractivity contribution in [2.24, 2.45) is 0 Å². The van der Waals surface area contributed by atoms with Crippen LogP contribution in [-0.4, -0.2) is 24.5 Å². The maximum atomic E-state index is 9.56. The molecule has 0 radical (unpaired) electrons. The average Bonchev–Trinajstić information content (AvgIpc) is 2.23. The normalized spacial score (nSPS) is 20.7. The quantitative estimate of drug-likeness (QED) is 0.811. The molecule has 1 fully saturated rings. The zero-order valence-electron chi connectivity index (χ0n) is 8.48. The van der Waals surface area contributed by atoms with E-state index < -0.39 is 0 Å². The number of halogens is 1. The molecule has 2 rings (SSSR count). The molecular weight excluding hydrogens is 214 g/mol. The van der Waals surface area contributed by atoms with E-state index in [1.807, 2.05) is 18.2 Å². The summed E-state index contributed by atoms with van der Waals surface area (Å²) in [4.78, 5) is 0. The molecule has 0 saturated carbocycles. The van der Waals surface area contributed by atoms with E-state index in [0.29, 0.717) is 5.75 Å². The van der Waals surface area contributed by atoms with Gasteiger partial charge in [0.15, 0.2) is 0 Å². The van der Waals surface area contributed by atoms with Crippen molar-refractivity contribution in [2.75, 3.05) is 13.2 Å². The maximum Gasteiger partial charge on any atom is 0.118 e. The van der Waals surface area contributed by atoms with Gasteiger partial charge in [-0.25, -0.2) is 0 Å². The van der Waals surface area contributed by atoms with Crippen molar-refractivity contribution in [3.8, 4) is 5.75 Å². The molecular formula is C11H16ClNO2. The number of hydrogen-bond acceptors (Lipinski definition) is 3. The second-order valence-electron chi connectivity index (χ2n) is 3.50. The molecule has 84 valence electrons. The van der Waals surface area contributed by atoms with Crippen molar-refractivity contribution in [1.29, 1.82) is 0 Å². The van der Waals surface area contributed by atoms with Gasteiger partial charge in [-0.3, -0.25) is 5.32 Å². The SMILES string of the molecule is Cl.Oc1ccccc1CC1NCCCO1. The molecule has 1 saturated heterocycles. The van der Waals surface area contributed by atoms with Gasteiger partial charge in [0, 0.05) is 13.0 Å². The highest BCUT2D eigenvalue weighted by Gasteiger charge is 2.14. The Morgan fingerprint density at radius 1 is 1.40 bits per heavy atom. The summed E-state index contributed by atoms with van der Waals surface area (Å²) in [6.07, 6.45) is 1.85. The predicted molar refractivity (Wildman–Crippen MR) is 61.4 cm³/mol. The van der Waals surface area contributed by atoms with Crippen LogP contribution in [0.1, 0.15) is 12.0 Å². The lowest BCUT2D eigenvalue weighted by Gasteiger charge is -2.24. The second kappa shape index (κ2) is 5.95. The van der Waals surface area contributed by atoms with Crippen LogP contribution in [-0.2, 0) is 11.2 Å². The lowest BCUT2D eigenvalue weighted by atomic mass is 10.1. The highest BCUT2D eigenvalue weighted by molar-refractivity contribution is 5.85. The molecule has 0 aromatic heterocycles. The van der Waals surface area contributed by atoms with Crippen molar-refractivity contribution in [3.05, 3.63) is 29.8 Å². The Balaban J connectivity index is 0.00000112. The maximum absolute atomic E-state index is 9.56. The number of nitrogens with one attached hydrogen (secondary N) is 1. The summed E-state index contributed by atoms with van der Waals surface area (Å²) in [5, 5.41) is 12.8. The van der Waals surface area contributed by atoms with Crippen LogP contribution in [0.2, 0.25) is 0 Å². The minimum absolute atomic E-state index is 0. The number of phenols is 1. The van der Waals surface area contributed by atoms with Gasteiger partial charge < -0.3 is 9.84 Å². The summed E-state index contributed by atoms with van der Waals surface area (Å²) in [5.74, 6) is 0.350. The van der Waals surface area contributed by atoms with Crippen LogP contribution < -0.4 is 5.32 Å². The topological polar surface area (TPSA) is 41.5 Å². The van der Waals surface area contributed by atoms with Gasteiger partial charge in [0.2, 0.25) is 0 Å². The zero-order valence-corrected chi connectivity index (χ0v) is 9.30. The highest BCUT2D eigenvalue weighted by Crippen LogP contribution is 2.18. The summed E-state index contributed by atoms with van der Waals surface area (Å²) >= 11 is 0. The van der Waals surface area contributed by atoms with Gasteiger partial charge in [0.25, 0.3) is 0 Å². The fraction of sp³-hybridized carbons (Fsp3) is 0.455. The Hall–Kier alpha value is -0.770. The molecule has 1 unspecified atom stereocenters. The molecule has 4 heteroatoms. The molecule has 1 atom stereocenters. The first kappa shape index (κ1) is 12.3. The Kier molecular flexibility index (Phi) is 4.88. The van der Waals surface area contributed by atoms with Gasteiger partial charge >= 0.3 is 0 Å². The molecule has 0 bridgehead atoms. The molecule has 0 amide bonds. The number of hydrogen-bond donors (Lipinski definition) is 2. The molecule has 1 heterocycles. The zero-order chi connectivity index (χ0) is 9.80. The van der Waals surface area contributed by atoms with E-state index in [-0.39, 0.29) is 18.6 Å². The van der Waals surface area contributed by atoms with E-state index in [2.05, 4.69) is 5.32 Å². The molecule has 15 heavy (non-hydrogen) atoms. The summed E-state index contributed by atoms with van der Waals surface area (Å²) in [7, 11) is 0.